The Balaban J connectivity index is 1.15. The minimum absolute atomic E-state index is 0.0122. The molecule has 2 N–H and O–H groups in total. The number of carbonyl (C=O) groups excluding carboxylic acids is 2. The second-order valence-electron chi connectivity index (χ2n) is 20.2. The molecule has 2 amide bonds. The number of allylic oxidation sites excluding steroid dienone is 1. The maximum absolute atomic E-state index is 14.9. The highest BCUT2D eigenvalue weighted by molar-refractivity contribution is 5.86. The summed E-state index contributed by atoms with van der Waals surface area (Å²) >= 11 is 0. The molecule has 7 aliphatic rings. The van der Waals surface area contributed by atoms with Crippen molar-refractivity contribution in [1.29, 1.82) is 0 Å². The second kappa shape index (κ2) is 11.1. The molecule has 0 aromatic carbocycles. The van der Waals surface area contributed by atoms with Gasteiger partial charge in [0.2, 0.25) is 11.8 Å². The zero-order valence-electron chi connectivity index (χ0n) is 31.4. The molecule has 12 unspecified atom stereocenters. The van der Waals surface area contributed by atoms with Crippen molar-refractivity contribution in [3.8, 4) is 0 Å². The van der Waals surface area contributed by atoms with Gasteiger partial charge in [0.15, 0.2) is 0 Å². The third kappa shape index (κ3) is 4.54. The van der Waals surface area contributed by atoms with Crippen molar-refractivity contribution in [2.75, 3.05) is 13.1 Å². The van der Waals surface area contributed by atoms with Gasteiger partial charge in [-0.2, -0.15) is 0 Å². The van der Waals surface area contributed by atoms with Gasteiger partial charge in [-0.25, -0.2) is 0 Å². The van der Waals surface area contributed by atoms with Gasteiger partial charge in [0.1, 0.15) is 0 Å². The van der Waals surface area contributed by atoms with E-state index in [9.17, 15) is 14.7 Å². The molecule has 0 radical (unpaired) electrons. The molecule has 1 aliphatic heterocycles. The summed E-state index contributed by atoms with van der Waals surface area (Å²) in [4.78, 5) is 30.5. The lowest BCUT2D eigenvalue weighted by Crippen LogP contribution is -2.68. The summed E-state index contributed by atoms with van der Waals surface area (Å²) in [5.74, 6) is 3.13. The van der Waals surface area contributed by atoms with Crippen molar-refractivity contribution in [1.82, 2.24) is 10.2 Å². The quantitative estimate of drug-likeness (QED) is 0.300. The summed E-state index contributed by atoms with van der Waals surface area (Å²) in [6, 6.07) is 0.0643. The van der Waals surface area contributed by atoms with Crippen LogP contribution in [0.25, 0.3) is 0 Å². The Morgan fingerprint density at radius 2 is 1.47 bits per heavy atom. The summed E-state index contributed by atoms with van der Waals surface area (Å²) in [5.41, 5.74) is 1.39. The monoisotopic (exact) mass is 649 g/mol. The first-order chi connectivity index (χ1) is 21.9. The molecule has 1 heterocycles. The highest BCUT2D eigenvalue weighted by Gasteiger charge is 2.72. The predicted molar refractivity (Wildman–Crippen MR) is 189 cm³/mol. The number of rotatable bonds is 4. The maximum atomic E-state index is 14.9. The van der Waals surface area contributed by atoms with Crippen LogP contribution in [-0.4, -0.2) is 47.1 Å². The first-order valence-corrected chi connectivity index (χ1v) is 19.9. The minimum atomic E-state index is -0.326. The lowest BCUT2D eigenvalue weighted by atomic mass is 9.32. The summed E-state index contributed by atoms with van der Waals surface area (Å²) in [5, 5.41) is 14.8. The van der Waals surface area contributed by atoms with E-state index in [-0.39, 0.29) is 50.6 Å². The molecule has 0 aromatic rings. The third-order valence-electron chi connectivity index (χ3n) is 18.0. The zero-order chi connectivity index (χ0) is 33.9. The van der Waals surface area contributed by atoms with E-state index in [1.54, 1.807) is 0 Å². The van der Waals surface area contributed by atoms with E-state index < -0.39 is 0 Å². The maximum Gasteiger partial charge on any atom is 0.226 e. The lowest BCUT2D eigenvalue weighted by Gasteiger charge is -2.72. The second-order valence-corrected chi connectivity index (χ2v) is 20.2. The number of piperidine rings is 1. The number of hydrogen-bond donors (Lipinski definition) is 2. The van der Waals surface area contributed by atoms with Crippen molar-refractivity contribution in [2.45, 2.75) is 157 Å². The molecule has 0 aromatic heterocycles. The average Bonchev–Trinajstić information content (AvgIpc) is 3.43. The molecule has 1 saturated heterocycles. The van der Waals surface area contributed by atoms with Crippen LogP contribution >= 0.6 is 0 Å². The van der Waals surface area contributed by atoms with Gasteiger partial charge < -0.3 is 15.3 Å². The summed E-state index contributed by atoms with van der Waals surface area (Å²) in [6.45, 7) is 25.6. The highest BCUT2D eigenvalue weighted by Crippen LogP contribution is 2.77. The van der Waals surface area contributed by atoms with Gasteiger partial charge in [-0.1, -0.05) is 60.6 Å². The van der Waals surface area contributed by atoms with Gasteiger partial charge in [0.25, 0.3) is 0 Å². The molecule has 264 valence electrons. The van der Waals surface area contributed by atoms with Crippen LogP contribution in [0.1, 0.15) is 145 Å². The van der Waals surface area contributed by atoms with Crippen molar-refractivity contribution in [3.63, 3.8) is 0 Å². The SMILES string of the molecule is C=C(C)C1CCC2(C(=O)NC3CC(C(=O)N4CCCCC4)C3(C)C)CCC3(C)C(CCC4C5(C)CCC(O)C(C)(C)C5CCC43C)C12. The molecular weight excluding hydrogens is 580 g/mol. The number of nitrogens with zero attached hydrogens (tertiary/aromatic N) is 1. The Hall–Kier alpha value is -1.36. The van der Waals surface area contributed by atoms with Gasteiger partial charge in [-0.15, -0.1) is 0 Å². The first-order valence-electron chi connectivity index (χ1n) is 19.9. The van der Waals surface area contributed by atoms with Crippen molar-refractivity contribution >= 4 is 11.8 Å². The number of fused-ring (bicyclic) bond motifs is 7. The predicted octanol–water partition coefficient (Wildman–Crippen LogP) is 8.55. The van der Waals surface area contributed by atoms with Crippen LogP contribution in [0.5, 0.6) is 0 Å². The number of amides is 2. The van der Waals surface area contributed by atoms with Crippen LogP contribution in [0.2, 0.25) is 0 Å². The van der Waals surface area contributed by atoms with Gasteiger partial charge >= 0.3 is 0 Å². The number of carbonyl (C=O) groups is 2. The summed E-state index contributed by atoms with van der Waals surface area (Å²) in [7, 11) is 0. The summed E-state index contributed by atoms with van der Waals surface area (Å²) in [6.07, 6.45) is 15.2. The van der Waals surface area contributed by atoms with Crippen LogP contribution in [0.3, 0.4) is 0 Å². The molecule has 5 nitrogen and oxygen atoms in total. The Labute approximate surface area is 286 Å². The molecule has 6 aliphatic carbocycles. The fourth-order valence-electron chi connectivity index (χ4n) is 14.7. The highest BCUT2D eigenvalue weighted by atomic mass is 16.3. The Morgan fingerprint density at radius 3 is 2.13 bits per heavy atom. The lowest BCUT2D eigenvalue weighted by molar-refractivity contribution is -0.246. The van der Waals surface area contributed by atoms with E-state index in [2.05, 4.69) is 72.2 Å². The largest absolute Gasteiger partial charge is 0.393 e. The van der Waals surface area contributed by atoms with Crippen molar-refractivity contribution in [2.24, 2.45) is 68.0 Å². The number of aliphatic hydroxyl groups is 1. The standard InChI is InChI=1S/C42H68N2O3/c1-26(2)27-15-20-42(36(47)43-32-25-29(37(32,3)4)35(46)44-23-11-10-12-24-44)22-21-40(8)28(34(27)42)13-14-31-39(7)18-17-33(45)38(5,6)30(39)16-19-41(31,40)9/h27-34,45H,1,10-25H2,2-9H3,(H,43,47). The third-order valence-corrected chi connectivity index (χ3v) is 18.0. The van der Waals surface area contributed by atoms with E-state index in [0.717, 1.165) is 70.9 Å². The van der Waals surface area contributed by atoms with Gasteiger partial charge in [0, 0.05) is 25.0 Å². The topological polar surface area (TPSA) is 69.6 Å². The molecule has 12 atom stereocenters. The number of likely N-dealkylation sites (tertiary alicyclic amines) is 1. The molecule has 7 fully saturated rings. The van der Waals surface area contributed by atoms with Crippen molar-refractivity contribution in [3.05, 3.63) is 12.2 Å². The normalized spacial score (nSPS) is 49.8. The Bertz CT molecular complexity index is 1300. The molecule has 6 saturated carbocycles. The van der Waals surface area contributed by atoms with E-state index in [1.807, 2.05) is 0 Å². The van der Waals surface area contributed by atoms with Gasteiger partial charge in [-0.05, 0) is 153 Å². The minimum Gasteiger partial charge on any atom is -0.393 e. The van der Waals surface area contributed by atoms with Crippen LogP contribution in [0.4, 0.5) is 0 Å². The number of aliphatic hydroxyl groups excluding tert-OH is 1. The number of nitrogens with one attached hydrogen (secondary N) is 1. The van der Waals surface area contributed by atoms with Crippen LogP contribution in [-0.2, 0) is 9.59 Å². The first kappa shape index (κ1) is 34.1. The Morgan fingerprint density at radius 1 is 0.766 bits per heavy atom. The van der Waals surface area contributed by atoms with Gasteiger partial charge in [-0.3, -0.25) is 9.59 Å². The van der Waals surface area contributed by atoms with Crippen LogP contribution in [0, 0.1) is 68.0 Å². The Kier molecular flexibility index (Phi) is 8.03. The van der Waals surface area contributed by atoms with E-state index in [4.69, 9.17) is 0 Å². The fraction of sp³-hybridized carbons (Fsp3) is 0.905. The van der Waals surface area contributed by atoms with Gasteiger partial charge in [0.05, 0.1) is 11.5 Å². The van der Waals surface area contributed by atoms with E-state index in [0.29, 0.717) is 41.4 Å². The van der Waals surface area contributed by atoms with Crippen LogP contribution < -0.4 is 5.32 Å². The molecule has 0 spiro atoms. The van der Waals surface area contributed by atoms with E-state index >= 15 is 0 Å². The molecule has 47 heavy (non-hydrogen) atoms. The zero-order valence-corrected chi connectivity index (χ0v) is 31.4. The summed E-state index contributed by atoms with van der Waals surface area (Å²) < 4.78 is 0. The number of hydrogen-bond acceptors (Lipinski definition) is 3. The van der Waals surface area contributed by atoms with Crippen molar-refractivity contribution < 1.29 is 14.7 Å². The smallest absolute Gasteiger partial charge is 0.226 e. The van der Waals surface area contributed by atoms with E-state index in [1.165, 1.54) is 37.7 Å². The fourth-order valence-corrected chi connectivity index (χ4v) is 14.7. The molecule has 7 rings (SSSR count). The molecule has 0 bridgehead atoms. The molecule has 5 heteroatoms. The van der Waals surface area contributed by atoms with Crippen LogP contribution in [0.15, 0.2) is 12.2 Å². The molecular formula is C42H68N2O3. The average molecular weight is 649 g/mol.